The molecule has 0 saturated carbocycles. The van der Waals surface area contributed by atoms with E-state index >= 15 is 0 Å². The lowest BCUT2D eigenvalue weighted by molar-refractivity contribution is -0.265. The lowest BCUT2D eigenvalue weighted by Crippen LogP contribution is -2.66. The molecule has 0 unspecified atom stereocenters. The van der Waals surface area contributed by atoms with Crippen LogP contribution in [0, 0.1) is 5.92 Å². The highest BCUT2D eigenvalue weighted by molar-refractivity contribution is 6.99. The van der Waals surface area contributed by atoms with Crippen LogP contribution in [-0.4, -0.2) is 52.7 Å². The summed E-state index contributed by atoms with van der Waals surface area (Å²) in [4.78, 5) is 0. The van der Waals surface area contributed by atoms with Gasteiger partial charge in [0.05, 0.1) is 31.5 Å². The highest BCUT2D eigenvalue weighted by Crippen LogP contribution is 2.41. The molecular weight excluding hydrogens is 613 g/mol. The van der Waals surface area contributed by atoms with Crippen LogP contribution in [0.1, 0.15) is 85.6 Å². The SMILES string of the molecule is C=CC[C@@H]1CC[C@H](C)[C@@H](C[C@@H]2C[C@H](C(C)(C)c3ccc(OC)cc3)O[C@H](CCO[Si](c3ccccc3)(c3ccccc3)C(C)(C)C)O2)O1. The van der Waals surface area contributed by atoms with Gasteiger partial charge in [-0.05, 0) is 58.3 Å². The van der Waals surface area contributed by atoms with Gasteiger partial charge in [0, 0.05) is 31.3 Å². The van der Waals surface area contributed by atoms with Gasteiger partial charge in [-0.25, -0.2) is 0 Å². The van der Waals surface area contributed by atoms with Gasteiger partial charge in [0.25, 0.3) is 8.32 Å². The van der Waals surface area contributed by atoms with E-state index in [1.807, 2.05) is 18.2 Å². The van der Waals surface area contributed by atoms with Crippen molar-refractivity contribution >= 4 is 18.7 Å². The zero-order valence-corrected chi connectivity index (χ0v) is 31.3. The highest BCUT2D eigenvalue weighted by Gasteiger charge is 2.50. The van der Waals surface area contributed by atoms with Gasteiger partial charge < -0.3 is 23.4 Å². The minimum Gasteiger partial charge on any atom is -0.497 e. The first-order chi connectivity index (χ1) is 23.0. The number of hydrogen-bond acceptors (Lipinski definition) is 5. The standard InChI is InChI=1S/C42H58O5Si/c1-9-16-34-24-21-31(2)38(45-34)29-35-30-39(42(6,7)32-22-25-33(43-8)26-23-32)47-40(46-35)27-28-44-48(41(3,4)5,36-17-12-10-13-18-36)37-19-14-11-15-20-37/h9-15,17-20,22-23,25-26,31,34-35,38-40H,1,16,21,24,27-30H2,2-8H3/t31-,34+,35+,38+,39+,40+/m0/s1. The first-order valence-corrected chi connectivity index (χ1v) is 19.9. The third kappa shape index (κ3) is 8.17. The van der Waals surface area contributed by atoms with Gasteiger partial charge in [0.15, 0.2) is 6.29 Å². The second-order valence-electron chi connectivity index (χ2n) is 15.4. The normalized spacial score (nSPS) is 25.4. The van der Waals surface area contributed by atoms with E-state index in [2.05, 4.69) is 121 Å². The summed E-state index contributed by atoms with van der Waals surface area (Å²) in [6.07, 6.45) is 7.46. The van der Waals surface area contributed by atoms with Crippen molar-refractivity contribution in [3.8, 4) is 5.75 Å². The third-order valence-corrected chi connectivity index (χ3v) is 15.8. The van der Waals surface area contributed by atoms with Crippen molar-refractivity contribution in [2.45, 2.75) is 121 Å². The van der Waals surface area contributed by atoms with Crippen LogP contribution in [0.25, 0.3) is 0 Å². The molecule has 0 radical (unpaired) electrons. The van der Waals surface area contributed by atoms with Crippen LogP contribution in [0.5, 0.6) is 5.75 Å². The highest BCUT2D eigenvalue weighted by atomic mass is 28.4. The molecule has 2 fully saturated rings. The second-order valence-corrected chi connectivity index (χ2v) is 19.7. The van der Waals surface area contributed by atoms with E-state index in [9.17, 15) is 0 Å². The molecule has 6 heteroatoms. The molecule has 3 aromatic carbocycles. The molecule has 2 aliphatic heterocycles. The Balaban J connectivity index is 1.39. The number of methoxy groups -OCH3 is 1. The van der Waals surface area contributed by atoms with Gasteiger partial charge in [0.1, 0.15) is 5.75 Å². The van der Waals surface area contributed by atoms with Crippen LogP contribution >= 0.6 is 0 Å². The quantitative estimate of drug-likeness (QED) is 0.135. The maximum absolute atomic E-state index is 7.27. The Morgan fingerprint density at radius 2 is 1.44 bits per heavy atom. The van der Waals surface area contributed by atoms with Crippen molar-refractivity contribution in [1.29, 1.82) is 0 Å². The molecule has 5 rings (SSSR count). The number of rotatable bonds is 13. The van der Waals surface area contributed by atoms with E-state index in [1.54, 1.807) is 7.11 Å². The maximum atomic E-state index is 7.27. The van der Waals surface area contributed by atoms with E-state index in [0.29, 0.717) is 18.9 Å². The van der Waals surface area contributed by atoms with E-state index in [-0.39, 0.29) is 41.2 Å². The maximum Gasteiger partial charge on any atom is 0.261 e. The first kappa shape index (κ1) is 36.5. The fraction of sp³-hybridized carbons (Fsp3) is 0.524. The van der Waals surface area contributed by atoms with Gasteiger partial charge in [-0.3, -0.25) is 0 Å². The Kier molecular flexibility index (Phi) is 12.1. The Bertz CT molecular complexity index is 1380. The third-order valence-electron chi connectivity index (χ3n) is 10.7. The van der Waals surface area contributed by atoms with Gasteiger partial charge >= 0.3 is 0 Å². The van der Waals surface area contributed by atoms with E-state index in [1.165, 1.54) is 22.4 Å². The summed E-state index contributed by atoms with van der Waals surface area (Å²) >= 11 is 0. The zero-order valence-electron chi connectivity index (χ0n) is 30.3. The van der Waals surface area contributed by atoms with Gasteiger partial charge in [-0.15, -0.1) is 6.58 Å². The van der Waals surface area contributed by atoms with Crippen molar-refractivity contribution in [2.24, 2.45) is 5.92 Å². The molecule has 2 saturated heterocycles. The van der Waals surface area contributed by atoms with Crippen molar-refractivity contribution in [1.82, 2.24) is 0 Å². The Hall–Kier alpha value is -2.74. The van der Waals surface area contributed by atoms with Crippen molar-refractivity contribution in [2.75, 3.05) is 13.7 Å². The minimum absolute atomic E-state index is 0.0223. The summed E-state index contributed by atoms with van der Waals surface area (Å²) in [7, 11) is -0.969. The number of benzene rings is 3. The van der Waals surface area contributed by atoms with E-state index in [0.717, 1.165) is 31.4 Å². The van der Waals surface area contributed by atoms with Gasteiger partial charge in [-0.2, -0.15) is 0 Å². The summed E-state index contributed by atoms with van der Waals surface area (Å²) in [6, 6.07) is 30.1. The summed E-state index contributed by atoms with van der Waals surface area (Å²) in [5.41, 5.74) is 0.986. The summed E-state index contributed by atoms with van der Waals surface area (Å²) < 4.78 is 33.1. The predicted octanol–water partition coefficient (Wildman–Crippen LogP) is 8.59. The molecule has 5 nitrogen and oxygen atoms in total. The smallest absolute Gasteiger partial charge is 0.261 e. The van der Waals surface area contributed by atoms with Crippen LogP contribution in [0.15, 0.2) is 97.6 Å². The fourth-order valence-corrected chi connectivity index (χ4v) is 12.4. The Labute approximate surface area is 291 Å². The minimum atomic E-state index is -2.68. The number of hydrogen-bond donors (Lipinski definition) is 0. The van der Waals surface area contributed by atoms with Gasteiger partial charge in [-0.1, -0.05) is 120 Å². The Morgan fingerprint density at radius 3 is 2.00 bits per heavy atom. The molecule has 48 heavy (non-hydrogen) atoms. The largest absolute Gasteiger partial charge is 0.497 e. The first-order valence-electron chi connectivity index (χ1n) is 17.9. The average Bonchev–Trinajstić information content (AvgIpc) is 3.08. The van der Waals surface area contributed by atoms with Crippen molar-refractivity contribution in [3.63, 3.8) is 0 Å². The van der Waals surface area contributed by atoms with Crippen LogP contribution in [0.2, 0.25) is 5.04 Å². The van der Waals surface area contributed by atoms with Crippen LogP contribution in [0.4, 0.5) is 0 Å². The molecule has 0 aromatic heterocycles. The van der Waals surface area contributed by atoms with E-state index < -0.39 is 8.32 Å². The molecule has 0 N–H and O–H groups in total. The summed E-state index contributed by atoms with van der Waals surface area (Å²) in [5, 5.41) is 2.47. The molecule has 2 heterocycles. The lowest BCUT2D eigenvalue weighted by atomic mass is 9.76. The fourth-order valence-electron chi connectivity index (χ4n) is 7.80. The molecule has 2 aliphatic rings. The van der Waals surface area contributed by atoms with Crippen molar-refractivity contribution in [3.05, 3.63) is 103 Å². The number of ether oxygens (including phenoxy) is 4. The second kappa shape index (κ2) is 15.9. The van der Waals surface area contributed by atoms with E-state index in [4.69, 9.17) is 23.4 Å². The molecule has 3 aromatic rings. The monoisotopic (exact) mass is 670 g/mol. The average molecular weight is 671 g/mol. The molecule has 0 aliphatic carbocycles. The topological polar surface area (TPSA) is 46.2 Å². The van der Waals surface area contributed by atoms with Crippen LogP contribution < -0.4 is 15.1 Å². The Morgan fingerprint density at radius 1 is 0.812 bits per heavy atom. The molecular formula is C42H58O5Si. The predicted molar refractivity (Wildman–Crippen MR) is 199 cm³/mol. The van der Waals surface area contributed by atoms with Gasteiger partial charge in [0.2, 0.25) is 0 Å². The summed E-state index contributed by atoms with van der Waals surface area (Å²) in [5.74, 6) is 1.35. The molecule has 6 atom stereocenters. The molecule has 0 bridgehead atoms. The van der Waals surface area contributed by atoms with Crippen LogP contribution in [0.3, 0.4) is 0 Å². The summed E-state index contributed by atoms with van der Waals surface area (Å²) in [6.45, 7) is 18.4. The molecule has 260 valence electrons. The molecule has 0 spiro atoms. The lowest BCUT2D eigenvalue weighted by Gasteiger charge is -2.46. The van der Waals surface area contributed by atoms with Crippen molar-refractivity contribution < 1.29 is 23.4 Å². The van der Waals surface area contributed by atoms with Crippen LogP contribution in [-0.2, 0) is 24.1 Å². The zero-order chi connectivity index (χ0) is 34.4. The molecule has 0 amide bonds.